The minimum atomic E-state index is -0.715. The molecule has 0 fully saturated rings. The predicted octanol–water partition coefficient (Wildman–Crippen LogP) is 0.607. The normalized spacial score (nSPS) is 12.1. The molecule has 2 N–H and O–H groups in total. The van der Waals surface area contributed by atoms with Gasteiger partial charge in [-0.1, -0.05) is 11.6 Å². The molecule has 74 valence electrons. The molecule has 1 aromatic rings. The van der Waals surface area contributed by atoms with E-state index >= 15 is 0 Å². The van der Waals surface area contributed by atoms with Gasteiger partial charge in [0, 0.05) is 13.5 Å². The fourth-order valence-electron chi connectivity index (χ4n) is 1.08. The van der Waals surface area contributed by atoms with E-state index in [0.717, 1.165) is 0 Å². The summed E-state index contributed by atoms with van der Waals surface area (Å²) in [5.41, 5.74) is 5.87. The minimum absolute atomic E-state index is 0.195. The van der Waals surface area contributed by atoms with Crippen molar-refractivity contribution in [2.75, 3.05) is 0 Å². The summed E-state index contributed by atoms with van der Waals surface area (Å²) in [4.78, 5) is 11.7. The number of carbonyl (C=O) groups is 1. The van der Waals surface area contributed by atoms with Gasteiger partial charge in [0.1, 0.15) is 5.69 Å². The zero-order valence-corrected chi connectivity index (χ0v) is 8.45. The Morgan fingerprint density at radius 3 is 3.00 bits per heavy atom. The van der Waals surface area contributed by atoms with E-state index in [2.05, 4.69) is 11.0 Å². The van der Waals surface area contributed by atoms with E-state index in [1.165, 1.54) is 10.9 Å². The van der Waals surface area contributed by atoms with Gasteiger partial charge in [-0.25, -0.2) is 0 Å². The predicted molar refractivity (Wildman–Crippen MR) is 54.0 cm³/mol. The molecule has 1 rings (SSSR count). The van der Waals surface area contributed by atoms with E-state index in [-0.39, 0.29) is 12.2 Å². The van der Waals surface area contributed by atoms with Crippen molar-refractivity contribution >= 4 is 17.4 Å². The van der Waals surface area contributed by atoms with Crippen LogP contribution in [0.1, 0.15) is 16.9 Å². The van der Waals surface area contributed by atoms with Crippen molar-refractivity contribution in [3.8, 4) is 12.3 Å². The van der Waals surface area contributed by atoms with Crippen molar-refractivity contribution in [3.63, 3.8) is 0 Å². The molecule has 0 saturated carbocycles. The Hall–Kier alpha value is -1.31. The van der Waals surface area contributed by atoms with Crippen LogP contribution in [0.4, 0.5) is 0 Å². The molecule has 0 aliphatic carbocycles. The molecule has 1 unspecified atom stereocenters. The lowest BCUT2D eigenvalue weighted by atomic mass is 10.1. The first-order valence-corrected chi connectivity index (χ1v) is 4.36. The van der Waals surface area contributed by atoms with Crippen molar-refractivity contribution in [1.29, 1.82) is 0 Å². The SMILES string of the molecule is C#CCC(N)C(=O)c1c(Cl)cnn1C. The second kappa shape index (κ2) is 4.27. The fourth-order valence-corrected chi connectivity index (χ4v) is 1.34. The van der Waals surface area contributed by atoms with Gasteiger partial charge in [-0.05, 0) is 0 Å². The van der Waals surface area contributed by atoms with Gasteiger partial charge in [0.05, 0.1) is 17.3 Å². The second-order valence-corrected chi connectivity index (χ2v) is 3.25. The number of terminal acetylenes is 1. The van der Waals surface area contributed by atoms with E-state index < -0.39 is 6.04 Å². The number of hydrogen-bond donors (Lipinski definition) is 1. The Kier molecular flexibility index (Phi) is 3.28. The summed E-state index contributed by atoms with van der Waals surface area (Å²) in [7, 11) is 1.63. The van der Waals surface area contributed by atoms with Crippen LogP contribution in [0.5, 0.6) is 0 Å². The number of aryl methyl sites for hydroxylation is 1. The summed E-state index contributed by atoms with van der Waals surface area (Å²) in [6, 6.07) is -0.715. The van der Waals surface area contributed by atoms with Crippen LogP contribution >= 0.6 is 11.6 Å². The van der Waals surface area contributed by atoms with E-state index in [0.29, 0.717) is 10.7 Å². The summed E-state index contributed by atoms with van der Waals surface area (Å²) < 4.78 is 1.39. The molecule has 0 aromatic carbocycles. The highest BCUT2D eigenvalue weighted by Crippen LogP contribution is 2.16. The van der Waals surface area contributed by atoms with E-state index in [9.17, 15) is 4.79 Å². The molecule has 0 aliphatic heterocycles. The first kappa shape index (κ1) is 10.8. The van der Waals surface area contributed by atoms with Crippen molar-refractivity contribution < 1.29 is 4.79 Å². The van der Waals surface area contributed by atoms with Crippen LogP contribution in [0, 0.1) is 12.3 Å². The highest BCUT2D eigenvalue weighted by atomic mass is 35.5. The summed E-state index contributed by atoms with van der Waals surface area (Å²) >= 11 is 5.77. The van der Waals surface area contributed by atoms with E-state index in [1.807, 2.05) is 0 Å². The Morgan fingerprint density at radius 1 is 1.93 bits per heavy atom. The first-order valence-electron chi connectivity index (χ1n) is 3.98. The van der Waals surface area contributed by atoms with Gasteiger partial charge in [0.25, 0.3) is 0 Å². The maximum absolute atomic E-state index is 11.7. The van der Waals surface area contributed by atoms with Gasteiger partial charge < -0.3 is 5.73 Å². The molecular formula is C9H10ClN3O. The van der Waals surface area contributed by atoms with Gasteiger partial charge in [0.15, 0.2) is 5.78 Å². The largest absolute Gasteiger partial charge is 0.320 e. The third-order valence-corrected chi connectivity index (χ3v) is 2.08. The van der Waals surface area contributed by atoms with E-state index in [4.69, 9.17) is 23.8 Å². The number of halogens is 1. The van der Waals surface area contributed by atoms with Crippen LogP contribution in [0.2, 0.25) is 5.02 Å². The van der Waals surface area contributed by atoms with Gasteiger partial charge in [-0.3, -0.25) is 9.48 Å². The fraction of sp³-hybridized carbons (Fsp3) is 0.333. The second-order valence-electron chi connectivity index (χ2n) is 2.84. The third kappa shape index (κ3) is 1.95. The Bertz CT molecular complexity index is 372. The molecule has 4 nitrogen and oxygen atoms in total. The minimum Gasteiger partial charge on any atom is -0.320 e. The van der Waals surface area contributed by atoms with Crippen molar-refractivity contribution in [1.82, 2.24) is 9.78 Å². The highest BCUT2D eigenvalue weighted by molar-refractivity contribution is 6.33. The monoisotopic (exact) mass is 211 g/mol. The number of ketones is 1. The number of Topliss-reactive ketones (excluding diaryl/α,β-unsaturated/α-hetero) is 1. The smallest absolute Gasteiger partial charge is 0.199 e. The van der Waals surface area contributed by atoms with Crippen LogP contribution < -0.4 is 5.73 Å². The van der Waals surface area contributed by atoms with Gasteiger partial charge >= 0.3 is 0 Å². The Labute approximate surface area is 87.0 Å². The summed E-state index contributed by atoms with van der Waals surface area (Å²) in [5.74, 6) is 2.05. The zero-order valence-electron chi connectivity index (χ0n) is 7.70. The average Bonchev–Trinajstić information content (AvgIpc) is 2.46. The van der Waals surface area contributed by atoms with E-state index in [1.54, 1.807) is 7.05 Å². The number of nitrogens with two attached hydrogens (primary N) is 1. The summed E-state index contributed by atoms with van der Waals surface area (Å²) in [5, 5.41) is 4.13. The number of aromatic nitrogens is 2. The molecule has 1 atom stereocenters. The summed E-state index contributed by atoms with van der Waals surface area (Å²) in [6.07, 6.45) is 6.65. The van der Waals surface area contributed by atoms with Gasteiger partial charge in [-0.2, -0.15) is 5.10 Å². The zero-order chi connectivity index (χ0) is 10.7. The molecule has 14 heavy (non-hydrogen) atoms. The van der Waals surface area contributed by atoms with Crippen LogP contribution in [-0.4, -0.2) is 21.6 Å². The lowest BCUT2D eigenvalue weighted by molar-refractivity contribution is 0.0954. The van der Waals surface area contributed by atoms with Crippen LogP contribution in [0.3, 0.4) is 0 Å². The lowest BCUT2D eigenvalue weighted by Crippen LogP contribution is -2.31. The molecule has 0 radical (unpaired) electrons. The van der Waals surface area contributed by atoms with Crippen LogP contribution in [0.25, 0.3) is 0 Å². The standard InChI is InChI=1S/C9H10ClN3O/c1-3-4-7(11)9(14)8-6(10)5-12-13(8)2/h1,5,7H,4,11H2,2H3. The molecule has 1 aromatic heterocycles. The number of hydrogen-bond acceptors (Lipinski definition) is 3. The quantitative estimate of drug-likeness (QED) is 0.589. The van der Waals surface area contributed by atoms with Gasteiger partial charge in [-0.15, -0.1) is 12.3 Å². The molecule has 0 spiro atoms. The molecule has 0 bridgehead atoms. The maximum Gasteiger partial charge on any atom is 0.199 e. The van der Waals surface area contributed by atoms with Crippen LogP contribution in [-0.2, 0) is 7.05 Å². The van der Waals surface area contributed by atoms with Gasteiger partial charge in [0.2, 0.25) is 0 Å². The Morgan fingerprint density at radius 2 is 2.57 bits per heavy atom. The molecule has 5 heteroatoms. The van der Waals surface area contributed by atoms with Crippen molar-refractivity contribution in [2.45, 2.75) is 12.5 Å². The maximum atomic E-state index is 11.7. The molecule has 0 aliphatic rings. The molecule has 0 amide bonds. The van der Waals surface area contributed by atoms with Crippen molar-refractivity contribution in [3.05, 3.63) is 16.9 Å². The molecule has 1 heterocycles. The number of carbonyl (C=O) groups excluding carboxylic acids is 1. The Balaban J connectivity index is 2.95. The average molecular weight is 212 g/mol. The summed E-state index contributed by atoms with van der Waals surface area (Å²) in [6.45, 7) is 0. The third-order valence-electron chi connectivity index (χ3n) is 1.80. The topological polar surface area (TPSA) is 60.9 Å². The van der Waals surface area contributed by atoms with Crippen molar-refractivity contribution in [2.24, 2.45) is 12.8 Å². The molecular weight excluding hydrogens is 202 g/mol. The highest BCUT2D eigenvalue weighted by Gasteiger charge is 2.21. The lowest BCUT2D eigenvalue weighted by Gasteiger charge is -2.07. The number of rotatable bonds is 3. The first-order chi connectivity index (χ1) is 6.57. The van der Waals surface area contributed by atoms with Crippen LogP contribution in [0.15, 0.2) is 6.20 Å². The molecule has 0 saturated heterocycles. The number of nitrogens with zero attached hydrogens (tertiary/aromatic N) is 2.